The van der Waals surface area contributed by atoms with E-state index >= 15 is 0 Å². The number of pyridine rings is 2. The molecule has 1 aromatic carbocycles. The summed E-state index contributed by atoms with van der Waals surface area (Å²) in [5, 5.41) is 9.40. The Hall–Kier alpha value is -3.34. The van der Waals surface area contributed by atoms with Crippen LogP contribution in [0.25, 0.3) is 33.7 Å². The third-order valence-electron chi connectivity index (χ3n) is 5.37. The van der Waals surface area contributed by atoms with Gasteiger partial charge >= 0.3 is 5.92 Å². The molecule has 2 atom stereocenters. The number of fused-ring (bicyclic) bond motifs is 1. The second-order valence-electron chi connectivity index (χ2n) is 7.57. The molecule has 11 heteroatoms. The van der Waals surface area contributed by atoms with Gasteiger partial charge in [-0.25, -0.2) is 4.98 Å². The first kappa shape index (κ1) is 21.5. The van der Waals surface area contributed by atoms with Crippen molar-refractivity contribution < 1.29 is 23.4 Å². The standard InChI is InChI=1S/C22H18ClF2N5O3/c23-14-7-16-20(30-21(28-16)33-18-10-32-17(9-31)22(18,24)25)29-19(14)12-3-1-11(2-4-12)15-6-5-13(26)8-27-15/h1-8,17-18,31H,9-10,26H2,(H,28,29,30)/t17-,18-/m1/s1. The third kappa shape index (κ3) is 3.97. The summed E-state index contributed by atoms with van der Waals surface area (Å²) >= 11 is 6.43. The number of hydrogen-bond donors (Lipinski definition) is 3. The van der Waals surface area contributed by atoms with Crippen LogP contribution in [0.15, 0.2) is 48.7 Å². The molecule has 170 valence electrons. The quantitative estimate of drug-likeness (QED) is 0.404. The summed E-state index contributed by atoms with van der Waals surface area (Å²) in [7, 11) is 0. The number of H-pyrrole nitrogens is 1. The summed E-state index contributed by atoms with van der Waals surface area (Å²) < 4.78 is 38.7. The number of hydrogen-bond acceptors (Lipinski definition) is 7. The Kier molecular flexibility index (Phi) is 5.35. The number of alkyl halides is 2. The maximum Gasteiger partial charge on any atom is 0.314 e. The number of rotatable bonds is 5. The molecule has 0 bridgehead atoms. The van der Waals surface area contributed by atoms with Crippen LogP contribution in [0.5, 0.6) is 6.01 Å². The van der Waals surface area contributed by atoms with Crippen molar-refractivity contribution in [3.63, 3.8) is 0 Å². The number of nitrogens with two attached hydrogens (primary N) is 1. The predicted octanol–water partition coefficient (Wildman–Crippen LogP) is 3.70. The van der Waals surface area contributed by atoms with Gasteiger partial charge in [0.2, 0.25) is 0 Å². The Labute approximate surface area is 191 Å². The van der Waals surface area contributed by atoms with Gasteiger partial charge in [0.05, 0.1) is 47.0 Å². The monoisotopic (exact) mass is 473 g/mol. The number of aliphatic hydroxyl groups excluding tert-OH is 1. The molecule has 33 heavy (non-hydrogen) atoms. The third-order valence-corrected chi connectivity index (χ3v) is 5.66. The lowest BCUT2D eigenvalue weighted by Crippen LogP contribution is -2.43. The van der Waals surface area contributed by atoms with E-state index in [0.717, 1.165) is 16.8 Å². The van der Waals surface area contributed by atoms with E-state index in [2.05, 4.69) is 19.9 Å². The van der Waals surface area contributed by atoms with Gasteiger partial charge in [-0.3, -0.25) is 4.98 Å². The lowest BCUT2D eigenvalue weighted by atomic mass is 10.1. The van der Waals surface area contributed by atoms with Crippen LogP contribution in [-0.2, 0) is 4.74 Å². The van der Waals surface area contributed by atoms with Gasteiger partial charge in [0.1, 0.15) is 6.10 Å². The molecule has 1 aliphatic heterocycles. The summed E-state index contributed by atoms with van der Waals surface area (Å²) in [6.07, 6.45) is -1.61. The van der Waals surface area contributed by atoms with Gasteiger partial charge in [0.15, 0.2) is 11.8 Å². The molecule has 0 radical (unpaired) electrons. The first-order chi connectivity index (χ1) is 15.8. The van der Waals surface area contributed by atoms with Crippen LogP contribution in [0.4, 0.5) is 14.5 Å². The smallest absolute Gasteiger partial charge is 0.314 e. The summed E-state index contributed by atoms with van der Waals surface area (Å²) in [5.41, 5.74) is 9.85. The van der Waals surface area contributed by atoms with Crippen LogP contribution in [0.3, 0.4) is 0 Å². The Morgan fingerprint density at radius 3 is 2.61 bits per heavy atom. The van der Waals surface area contributed by atoms with E-state index < -0.39 is 24.7 Å². The average molecular weight is 474 g/mol. The van der Waals surface area contributed by atoms with E-state index in [4.69, 9.17) is 31.9 Å². The Bertz CT molecular complexity index is 1300. The van der Waals surface area contributed by atoms with Crippen molar-refractivity contribution in [1.29, 1.82) is 0 Å². The van der Waals surface area contributed by atoms with Crippen molar-refractivity contribution in [2.45, 2.75) is 18.1 Å². The van der Waals surface area contributed by atoms with E-state index in [1.165, 1.54) is 0 Å². The summed E-state index contributed by atoms with van der Waals surface area (Å²) in [6, 6.07) is 12.5. The van der Waals surface area contributed by atoms with Crippen LogP contribution in [0, 0.1) is 0 Å². The zero-order valence-corrected chi connectivity index (χ0v) is 17.8. The molecule has 8 nitrogen and oxygen atoms in total. The maximum atomic E-state index is 14.2. The van der Waals surface area contributed by atoms with E-state index in [-0.39, 0.29) is 18.3 Å². The molecule has 0 unspecified atom stereocenters. The fourth-order valence-electron chi connectivity index (χ4n) is 3.58. The second-order valence-corrected chi connectivity index (χ2v) is 7.98. The highest BCUT2D eigenvalue weighted by molar-refractivity contribution is 6.33. The molecule has 3 aromatic heterocycles. The summed E-state index contributed by atoms with van der Waals surface area (Å²) in [6.45, 7) is -1.18. The van der Waals surface area contributed by atoms with E-state index in [1.54, 1.807) is 18.3 Å². The Morgan fingerprint density at radius 2 is 1.94 bits per heavy atom. The van der Waals surface area contributed by atoms with Crippen LogP contribution >= 0.6 is 11.6 Å². The molecule has 4 N–H and O–H groups in total. The average Bonchev–Trinajstić information content (AvgIpc) is 3.32. The minimum Gasteiger partial charge on any atom is -0.452 e. The first-order valence-corrected chi connectivity index (χ1v) is 10.4. The Morgan fingerprint density at radius 1 is 1.18 bits per heavy atom. The van der Waals surface area contributed by atoms with Gasteiger partial charge in [0.25, 0.3) is 6.01 Å². The molecule has 4 aromatic rings. The molecule has 0 spiro atoms. The minimum absolute atomic E-state index is 0.137. The number of benzene rings is 1. The molecule has 5 rings (SSSR count). The van der Waals surface area contributed by atoms with Crippen molar-refractivity contribution in [3.05, 3.63) is 53.7 Å². The highest BCUT2D eigenvalue weighted by Crippen LogP contribution is 2.35. The molecule has 1 fully saturated rings. The lowest BCUT2D eigenvalue weighted by Gasteiger charge is -2.20. The van der Waals surface area contributed by atoms with Gasteiger partial charge in [0, 0.05) is 11.1 Å². The Balaban J connectivity index is 1.41. The van der Waals surface area contributed by atoms with Crippen LogP contribution < -0.4 is 10.5 Å². The van der Waals surface area contributed by atoms with Crippen molar-refractivity contribution in [3.8, 4) is 28.5 Å². The topological polar surface area (TPSA) is 119 Å². The number of nitrogens with zero attached hydrogens (tertiary/aromatic N) is 3. The van der Waals surface area contributed by atoms with E-state index in [0.29, 0.717) is 21.9 Å². The number of ether oxygens (including phenoxy) is 2. The van der Waals surface area contributed by atoms with Gasteiger partial charge in [-0.2, -0.15) is 13.8 Å². The fourth-order valence-corrected chi connectivity index (χ4v) is 3.84. The second kappa shape index (κ2) is 8.22. The number of aliphatic hydroxyl groups is 1. The summed E-state index contributed by atoms with van der Waals surface area (Å²) in [5.74, 6) is -3.36. The number of anilines is 1. The predicted molar refractivity (Wildman–Crippen MR) is 118 cm³/mol. The zero-order chi connectivity index (χ0) is 23.2. The van der Waals surface area contributed by atoms with Gasteiger partial charge in [-0.05, 0) is 18.2 Å². The molecule has 0 saturated carbocycles. The van der Waals surface area contributed by atoms with Gasteiger partial charge in [-0.1, -0.05) is 35.9 Å². The maximum absolute atomic E-state index is 14.2. The number of nitrogen functional groups attached to an aromatic ring is 1. The SMILES string of the molecule is Nc1ccc(-c2ccc(-c3nc4nc(O[C@@H]5CO[C@H](CO)C5(F)F)[nH]c4cc3Cl)cc2)nc1. The normalized spacial score (nSPS) is 19.8. The van der Waals surface area contributed by atoms with Crippen LogP contribution in [0.1, 0.15) is 0 Å². The molecule has 4 heterocycles. The van der Waals surface area contributed by atoms with E-state index in [1.807, 2.05) is 30.3 Å². The molecular weight excluding hydrogens is 456 g/mol. The highest BCUT2D eigenvalue weighted by Gasteiger charge is 2.55. The first-order valence-electron chi connectivity index (χ1n) is 10.0. The van der Waals surface area contributed by atoms with Crippen LogP contribution in [0.2, 0.25) is 5.02 Å². The number of aromatic amines is 1. The van der Waals surface area contributed by atoms with E-state index in [9.17, 15) is 8.78 Å². The fraction of sp³-hybridized carbons (Fsp3) is 0.227. The van der Waals surface area contributed by atoms with Crippen molar-refractivity contribution >= 4 is 28.5 Å². The number of imidazole rings is 1. The molecule has 1 saturated heterocycles. The molecular formula is C22H18ClF2N5O3. The molecule has 0 amide bonds. The number of aromatic nitrogens is 4. The highest BCUT2D eigenvalue weighted by atomic mass is 35.5. The molecule has 1 aliphatic rings. The zero-order valence-electron chi connectivity index (χ0n) is 17.0. The summed E-state index contributed by atoms with van der Waals surface area (Å²) in [4.78, 5) is 15.8. The van der Waals surface area contributed by atoms with Crippen molar-refractivity contribution in [2.24, 2.45) is 0 Å². The number of halogens is 3. The van der Waals surface area contributed by atoms with Crippen molar-refractivity contribution in [1.82, 2.24) is 19.9 Å². The van der Waals surface area contributed by atoms with Crippen LogP contribution in [-0.4, -0.2) is 56.4 Å². The number of nitrogens with one attached hydrogen (secondary N) is 1. The largest absolute Gasteiger partial charge is 0.452 e. The lowest BCUT2D eigenvalue weighted by molar-refractivity contribution is -0.118. The molecule has 0 aliphatic carbocycles. The van der Waals surface area contributed by atoms with Crippen molar-refractivity contribution in [2.75, 3.05) is 18.9 Å². The van der Waals surface area contributed by atoms with Gasteiger partial charge in [-0.15, -0.1) is 0 Å². The minimum atomic E-state index is -3.36. The van der Waals surface area contributed by atoms with Gasteiger partial charge < -0.3 is 25.3 Å².